The number of piperidine rings is 1. The summed E-state index contributed by atoms with van der Waals surface area (Å²) in [6, 6.07) is 7.91. The molecule has 29 heavy (non-hydrogen) atoms. The molecular weight excluding hydrogens is 391 g/mol. The van der Waals surface area contributed by atoms with E-state index in [0.717, 1.165) is 42.8 Å². The summed E-state index contributed by atoms with van der Waals surface area (Å²) in [6.45, 7) is 6.05. The summed E-state index contributed by atoms with van der Waals surface area (Å²) in [5.74, 6) is 1.12. The van der Waals surface area contributed by atoms with Gasteiger partial charge in [0.1, 0.15) is 17.5 Å². The van der Waals surface area contributed by atoms with Crippen molar-refractivity contribution in [2.75, 3.05) is 32.4 Å². The van der Waals surface area contributed by atoms with Crippen LogP contribution in [0.5, 0.6) is 5.75 Å². The third-order valence-electron chi connectivity index (χ3n) is 5.75. The van der Waals surface area contributed by atoms with Gasteiger partial charge in [0.05, 0.1) is 6.26 Å². The summed E-state index contributed by atoms with van der Waals surface area (Å²) in [5, 5.41) is 3.36. The third kappa shape index (κ3) is 6.52. The van der Waals surface area contributed by atoms with Crippen molar-refractivity contribution in [2.24, 2.45) is 5.92 Å². The fraction of sp³-hybridized carbons (Fsp3) is 0.636. The number of hydrogen-bond acceptors (Lipinski definition) is 4. The zero-order chi connectivity index (χ0) is 21.1. The molecule has 0 amide bonds. The van der Waals surface area contributed by atoms with Crippen LogP contribution in [-0.4, -0.2) is 56.9 Å². The van der Waals surface area contributed by atoms with Crippen molar-refractivity contribution < 1.29 is 17.5 Å². The highest BCUT2D eigenvalue weighted by Crippen LogP contribution is 2.31. The smallest absolute Gasteiger partial charge is 0.211 e. The zero-order valence-electron chi connectivity index (χ0n) is 17.7. The third-order valence-corrected chi connectivity index (χ3v) is 7.02. The number of alkyl halides is 1. The highest BCUT2D eigenvalue weighted by Gasteiger charge is 2.31. The molecule has 1 aromatic carbocycles. The molecule has 0 aliphatic carbocycles. The summed E-state index contributed by atoms with van der Waals surface area (Å²) in [4.78, 5) is 0. The van der Waals surface area contributed by atoms with Gasteiger partial charge in [0.2, 0.25) is 10.0 Å². The maximum atomic E-state index is 14.4. The minimum absolute atomic E-state index is 0.139. The van der Waals surface area contributed by atoms with E-state index in [0.29, 0.717) is 31.8 Å². The normalized spacial score (nSPS) is 20.9. The molecule has 3 rings (SSSR count). The van der Waals surface area contributed by atoms with Crippen LogP contribution in [0.4, 0.5) is 4.39 Å². The van der Waals surface area contributed by atoms with Crippen LogP contribution >= 0.6 is 0 Å². The minimum atomic E-state index is -3.14. The van der Waals surface area contributed by atoms with E-state index in [1.165, 1.54) is 10.6 Å². The number of rotatable bonds is 7. The van der Waals surface area contributed by atoms with Gasteiger partial charge in [0.25, 0.3) is 0 Å². The molecule has 2 heterocycles. The Labute approximate surface area is 174 Å². The molecule has 1 saturated heterocycles. The quantitative estimate of drug-likeness (QED) is 0.726. The number of benzene rings is 1. The lowest BCUT2D eigenvalue weighted by Gasteiger charge is -2.33. The maximum Gasteiger partial charge on any atom is 0.211 e. The van der Waals surface area contributed by atoms with Gasteiger partial charge in [-0.05, 0) is 75.4 Å². The van der Waals surface area contributed by atoms with E-state index in [4.69, 9.17) is 4.74 Å². The number of nitrogens with one attached hydrogen (secondary N) is 1. The van der Waals surface area contributed by atoms with Crippen molar-refractivity contribution in [1.29, 1.82) is 0 Å². The molecule has 1 aromatic rings. The number of ether oxygens (including phenoxy) is 1. The van der Waals surface area contributed by atoms with Crippen molar-refractivity contribution in [2.45, 2.75) is 51.3 Å². The van der Waals surface area contributed by atoms with Crippen LogP contribution in [0.15, 0.2) is 30.3 Å². The molecule has 0 saturated carbocycles. The van der Waals surface area contributed by atoms with E-state index >= 15 is 0 Å². The fourth-order valence-electron chi connectivity index (χ4n) is 4.14. The van der Waals surface area contributed by atoms with Gasteiger partial charge in [-0.25, -0.2) is 12.8 Å². The highest BCUT2D eigenvalue weighted by atomic mass is 32.2. The Morgan fingerprint density at radius 1 is 1.24 bits per heavy atom. The van der Waals surface area contributed by atoms with Gasteiger partial charge in [-0.1, -0.05) is 18.2 Å². The lowest BCUT2D eigenvalue weighted by atomic mass is 9.86. The average Bonchev–Trinajstić information content (AvgIpc) is 2.67. The lowest BCUT2D eigenvalue weighted by molar-refractivity contribution is 0.0507. The molecular formula is C22H33FN2O3S. The zero-order valence-corrected chi connectivity index (χ0v) is 18.5. The molecule has 0 bridgehead atoms. The predicted molar refractivity (Wildman–Crippen MR) is 115 cm³/mol. The van der Waals surface area contributed by atoms with Crippen molar-refractivity contribution in [3.63, 3.8) is 0 Å². The monoisotopic (exact) mass is 424 g/mol. The molecule has 2 aliphatic heterocycles. The van der Waals surface area contributed by atoms with Gasteiger partial charge in [0, 0.05) is 19.5 Å². The fourth-order valence-corrected chi connectivity index (χ4v) is 4.90. The molecule has 2 aliphatic rings. The van der Waals surface area contributed by atoms with E-state index in [1.807, 2.05) is 30.3 Å². The number of nitrogens with zero attached hydrogens (tertiary/aromatic N) is 1. The Balaban J connectivity index is 1.67. The first-order valence-corrected chi connectivity index (χ1v) is 12.3. The largest absolute Gasteiger partial charge is 0.490 e. The molecule has 1 atom stereocenters. The van der Waals surface area contributed by atoms with Crippen molar-refractivity contribution in [3.05, 3.63) is 35.9 Å². The highest BCUT2D eigenvalue weighted by molar-refractivity contribution is 7.88. The van der Waals surface area contributed by atoms with Crippen LogP contribution in [0, 0.1) is 5.92 Å². The summed E-state index contributed by atoms with van der Waals surface area (Å²) in [6.07, 6.45) is 6.16. The van der Waals surface area contributed by atoms with Crippen LogP contribution < -0.4 is 10.1 Å². The van der Waals surface area contributed by atoms with Gasteiger partial charge in [-0.3, -0.25) is 0 Å². The molecule has 0 spiro atoms. The van der Waals surface area contributed by atoms with Crippen molar-refractivity contribution in [3.8, 4) is 5.75 Å². The van der Waals surface area contributed by atoms with E-state index in [2.05, 4.69) is 5.32 Å². The molecule has 162 valence electrons. The van der Waals surface area contributed by atoms with Crippen LogP contribution in [0.3, 0.4) is 0 Å². The summed E-state index contributed by atoms with van der Waals surface area (Å²) in [5.41, 5.74) is 0.958. The Morgan fingerprint density at radius 2 is 1.90 bits per heavy atom. The number of hydrogen-bond donors (Lipinski definition) is 1. The molecule has 0 aromatic heterocycles. The second-order valence-electron chi connectivity index (χ2n) is 8.79. The Hall–Kier alpha value is -1.44. The van der Waals surface area contributed by atoms with Gasteiger partial charge in [0.15, 0.2) is 0 Å². The maximum absolute atomic E-state index is 14.4. The first-order valence-electron chi connectivity index (χ1n) is 10.4. The van der Waals surface area contributed by atoms with E-state index in [-0.39, 0.29) is 6.10 Å². The lowest BCUT2D eigenvalue weighted by Crippen LogP contribution is -2.39. The second kappa shape index (κ2) is 9.14. The first-order chi connectivity index (χ1) is 13.6. The second-order valence-corrected chi connectivity index (χ2v) is 10.8. The van der Waals surface area contributed by atoms with E-state index < -0.39 is 15.7 Å². The van der Waals surface area contributed by atoms with Crippen molar-refractivity contribution in [1.82, 2.24) is 9.62 Å². The van der Waals surface area contributed by atoms with E-state index in [1.54, 1.807) is 13.8 Å². The van der Waals surface area contributed by atoms with Gasteiger partial charge in [-0.2, -0.15) is 4.31 Å². The van der Waals surface area contributed by atoms with Crippen LogP contribution in [0.1, 0.15) is 45.1 Å². The number of sulfonamides is 1. The van der Waals surface area contributed by atoms with E-state index in [9.17, 15) is 12.8 Å². The predicted octanol–water partition coefficient (Wildman–Crippen LogP) is 3.62. The molecule has 7 heteroatoms. The Kier molecular flexibility index (Phi) is 7.02. The Morgan fingerprint density at radius 3 is 2.41 bits per heavy atom. The minimum Gasteiger partial charge on any atom is -0.490 e. The van der Waals surface area contributed by atoms with Crippen molar-refractivity contribution >= 4 is 15.6 Å². The molecule has 0 radical (unpaired) electrons. The van der Waals surface area contributed by atoms with Crippen LogP contribution in [-0.2, 0) is 10.0 Å². The van der Waals surface area contributed by atoms with Gasteiger partial charge < -0.3 is 10.1 Å². The van der Waals surface area contributed by atoms with Gasteiger partial charge >= 0.3 is 0 Å². The topological polar surface area (TPSA) is 58.6 Å². The average molecular weight is 425 g/mol. The summed E-state index contributed by atoms with van der Waals surface area (Å²) in [7, 11) is -3.14. The number of halogens is 1. The van der Waals surface area contributed by atoms with Crippen LogP contribution in [0.2, 0.25) is 0 Å². The summed E-state index contributed by atoms with van der Waals surface area (Å²) < 4.78 is 45.4. The molecule has 5 nitrogen and oxygen atoms in total. The molecule has 1 unspecified atom stereocenters. The summed E-state index contributed by atoms with van der Waals surface area (Å²) >= 11 is 0. The first kappa shape index (κ1) is 22.2. The standard InChI is InChI=1S/C22H33FN2O3S/c1-22(2,23)16-21(19-8-12-24-13-9-19)28-20-6-4-17(5-7-20)18-10-14-25(15-11-18)29(3,26)27/h4-7,10,19,21,24H,8-9,11-16H2,1-3H3. The Bertz CT molecular complexity index is 809. The van der Waals surface area contributed by atoms with Crippen LogP contribution in [0.25, 0.3) is 5.57 Å². The molecule has 1 N–H and O–H groups in total. The SMILES string of the molecule is CC(C)(F)CC(Oc1ccc(C2=CCN(S(C)(=O)=O)CC2)cc1)C1CCNCC1. The van der Waals surface area contributed by atoms with Gasteiger partial charge in [-0.15, -0.1) is 0 Å². The molecule has 1 fully saturated rings.